The first kappa shape index (κ1) is 31.6. The van der Waals surface area contributed by atoms with Gasteiger partial charge in [-0.1, -0.05) is 127 Å². The molecule has 0 unspecified atom stereocenters. The molecule has 1 N–H and O–H groups in total. The van der Waals surface area contributed by atoms with E-state index in [4.69, 9.17) is 14.4 Å². The smallest absolute Gasteiger partial charge is 0.161 e. The monoisotopic (exact) mass is 728 g/mol. The molecule has 57 heavy (non-hydrogen) atoms. The fourth-order valence-corrected chi connectivity index (χ4v) is 8.79. The van der Waals surface area contributed by atoms with Crippen molar-refractivity contribution in [1.29, 1.82) is 0 Å². The zero-order chi connectivity index (χ0) is 37.5. The number of nitrogens with one attached hydrogen (secondary N) is 1. The van der Waals surface area contributed by atoms with Gasteiger partial charge in [0.25, 0.3) is 0 Å². The lowest BCUT2D eigenvalue weighted by Crippen LogP contribution is -1.99. The SMILES string of the molecule is c1ccc(-c2cc(-c3cccc4c3nc(-c3cccc5c3[nH]c3ccccc35)n4-c3cccc4ccccc34)cc(-c3nccc4c3oc3ccccc34)c2)cc1. The summed E-state index contributed by atoms with van der Waals surface area (Å²) < 4.78 is 8.87. The van der Waals surface area contributed by atoms with Crippen LogP contribution in [-0.4, -0.2) is 19.5 Å². The van der Waals surface area contributed by atoms with Crippen LogP contribution in [0.25, 0.3) is 116 Å². The number of benzene rings is 8. The Kier molecular flexibility index (Phi) is 6.86. The summed E-state index contributed by atoms with van der Waals surface area (Å²) in [6, 6.07) is 64.2. The van der Waals surface area contributed by atoms with Crippen molar-refractivity contribution in [3.8, 4) is 50.6 Å². The second kappa shape index (κ2) is 12.4. The number of hydrogen-bond acceptors (Lipinski definition) is 3. The lowest BCUT2D eigenvalue weighted by atomic mass is 9.94. The van der Waals surface area contributed by atoms with Gasteiger partial charge in [-0.2, -0.15) is 0 Å². The molecule has 0 spiro atoms. The summed E-state index contributed by atoms with van der Waals surface area (Å²) >= 11 is 0. The Morgan fingerprint density at radius 1 is 0.491 bits per heavy atom. The highest BCUT2D eigenvalue weighted by molar-refractivity contribution is 6.13. The molecule has 0 amide bonds. The Hall–Kier alpha value is -7.76. The number of furan rings is 1. The van der Waals surface area contributed by atoms with Crippen LogP contribution in [0, 0.1) is 0 Å². The van der Waals surface area contributed by atoms with Gasteiger partial charge >= 0.3 is 0 Å². The Morgan fingerprint density at radius 3 is 2.12 bits per heavy atom. The zero-order valence-electron chi connectivity index (χ0n) is 30.6. The van der Waals surface area contributed by atoms with Gasteiger partial charge in [-0.15, -0.1) is 0 Å². The maximum absolute atomic E-state index is 6.53. The van der Waals surface area contributed by atoms with Crippen molar-refractivity contribution in [2.75, 3.05) is 0 Å². The predicted octanol–water partition coefficient (Wildman–Crippen LogP) is 13.8. The van der Waals surface area contributed by atoms with Crippen molar-refractivity contribution in [1.82, 2.24) is 19.5 Å². The topological polar surface area (TPSA) is 59.6 Å². The van der Waals surface area contributed by atoms with Gasteiger partial charge in [-0.25, -0.2) is 4.98 Å². The number of para-hydroxylation sites is 4. The number of aromatic nitrogens is 4. The summed E-state index contributed by atoms with van der Waals surface area (Å²) in [4.78, 5) is 14.4. The summed E-state index contributed by atoms with van der Waals surface area (Å²) in [6.45, 7) is 0. The van der Waals surface area contributed by atoms with Gasteiger partial charge < -0.3 is 9.40 Å². The van der Waals surface area contributed by atoms with E-state index in [-0.39, 0.29) is 0 Å². The lowest BCUT2D eigenvalue weighted by Gasteiger charge is -2.14. The largest absolute Gasteiger partial charge is 0.454 e. The van der Waals surface area contributed by atoms with Crippen molar-refractivity contribution in [3.05, 3.63) is 188 Å². The molecule has 0 fully saturated rings. The molecule has 4 heterocycles. The van der Waals surface area contributed by atoms with Crippen LogP contribution in [0.2, 0.25) is 0 Å². The van der Waals surface area contributed by atoms with Crippen molar-refractivity contribution >= 4 is 65.6 Å². The Labute approximate surface area is 327 Å². The number of rotatable bonds is 5. The number of imidazole rings is 1. The first-order valence-corrected chi connectivity index (χ1v) is 19.2. The number of nitrogens with zero attached hydrogens (tertiary/aromatic N) is 3. The fourth-order valence-electron chi connectivity index (χ4n) is 8.79. The third kappa shape index (κ3) is 4.89. The molecule has 4 aromatic heterocycles. The summed E-state index contributed by atoms with van der Waals surface area (Å²) in [7, 11) is 0. The first-order valence-electron chi connectivity index (χ1n) is 19.2. The molecule has 0 aliphatic rings. The summed E-state index contributed by atoms with van der Waals surface area (Å²) in [5.41, 5.74) is 13.9. The molecule has 5 nitrogen and oxygen atoms in total. The second-order valence-corrected chi connectivity index (χ2v) is 14.6. The average Bonchev–Trinajstić information content (AvgIpc) is 3.98. The molecule has 0 aliphatic heterocycles. The minimum Gasteiger partial charge on any atom is -0.454 e. The van der Waals surface area contributed by atoms with Crippen LogP contribution in [0.5, 0.6) is 0 Å². The van der Waals surface area contributed by atoms with Crippen LogP contribution in [0.3, 0.4) is 0 Å². The van der Waals surface area contributed by atoms with Gasteiger partial charge in [-0.05, 0) is 76.7 Å². The first-order chi connectivity index (χ1) is 28.3. The highest BCUT2D eigenvalue weighted by Gasteiger charge is 2.23. The quantitative estimate of drug-likeness (QED) is 0.192. The number of H-pyrrole nitrogens is 1. The minimum atomic E-state index is 0.780. The van der Waals surface area contributed by atoms with Crippen LogP contribution < -0.4 is 0 Å². The van der Waals surface area contributed by atoms with Gasteiger partial charge in [0.2, 0.25) is 0 Å². The third-order valence-corrected chi connectivity index (χ3v) is 11.4. The maximum atomic E-state index is 6.53. The molecule has 8 aromatic carbocycles. The van der Waals surface area contributed by atoms with Crippen LogP contribution in [-0.2, 0) is 0 Å². The Balaban J connectivity index is 1.16. The molecule has 0 saturated carbocycles. The van der Waals surface area contributed by atoms with Crippen LogP contribution >= 0.6 is 0 Å². The molecule has 266 valence electrons. The zero-order valence-corrected chi connectivity index (χ0v) is 30.6. The molecule has 5 heteroatoms. The Bertz CT molecular complexity index is 3530. The van der Waals surface area contributed by atoms with E-state index >= 15 is 0 Å². The molecule has 0 saturated heterocycles. The average molecular weight is 729 g/mol. The van der Waals surface area contributed by atoms with E-state index in [1.54, 1.807) is 0 Å². The van der Waals surface area contributed by atoms with Gasteiger partial charge in [0.15, 0.2) is 5.58 Å². The number of pyridine rings is 1. The third-order valence-electron chi connectivity index (χ3n) is 11.4. The van der Waals surface area contributed by atoms with Crippen molar-refractivity contribution < 1.29 is 4.42 Å². The van der Waals surface area contributed by atoms with E-state index in [0.717, 1.165) is 100.0 Å². The molecule has 0 aliphatic carbocycles. The van der Waals surface area contributed by atoms with Gasteiger partial charge in [0, 0.05) is 55.3 Å². The van der Waals surface area contributed by atoms with Crippen molar-refractivity contribution in [2.24, 2.45) is 0 Å². The van der Waals surface area contributed by atoms with Crippen molar-refractivity contribution in [3.63, 3.8) is 0 Å². The van der Waals surface area contributed by atoms with Crippen LogP contribution in [0.1, 0.15) is 0 Å². The minimum absolute atomic E-state index is 0.780. The molecule has 0 radical (unpaired) electrons. The van der Waals surface area contributed by atoms with Crippen LogP contribution in [0.15, 0.2) is 193 Å². The second-order valence-electron chi connectivity index (χ2n) is 14.6. The number of aromatic amines is 1. The van der Waals surface area contributed by atoms with E-state index in [2.05, 4.69) is 173 Å². The number of fused-ring (bicyclic) bond motifs is 8. The maximum Gasteiger partial charge on any atom is 0.161 e. The summed E-state index contributed by atoms with van der Waals surface area (Å²) in [5.74, 6) is 0.874. The van der Waals surface area contributed by atoms with E-state index in [9.17, 15) is 0 Å². The normalized spacial score (nSPS) is 11.9. The van der Waals surface area contributed by atoms with Gasteiger partial charge in [0.05, 0.1) is 22.2 Å². The molecule has 0 atom stereocenters. The standard InChI is InChI=1S/C52H32N4O/c1-2-13-32(14-3-1)34-29-35(31-36(30-34)48-51-42(27-28-53-48)40-19-7-9-26-47(40)57-51)38-20-12-25-46-50(38)55-52(56(46)45-24-10-16-33-15-4-5-17-37(33)45)43-22-11-21-41-39-18-6-8-23-44(39)54-49(41)43/h1-31,54H. The molecular formula is C52H32N4O. The Morgan fingerprint density at radius 2 is 1.19 bits per heavy atom. The fraction of sp³-hybridized carbons (Fsp3) is 0. The van der Waals surface area contributed by atoms with E-state index in [1.807, 2.05) is 24.4 Å². The molecule has 12 aromatic rings. The molecule has 12 rings (SSSR count). The molecule has 0 bridgehead atoms. The summed E-state index contributed by atoms with van der Waals surface area (Å²) in [5, 5.41) is 6.84. The van der Waals surface area contributed by atoms with E-state index in [0.29, 0.717) is 0 Å². The lowest BCUT2D eigenvalue weighted by molar-refractivity contribution is 0.668. The van der Waals surface area contributed by atoms with Gasteiger partial charge in [0.1, 0.15) is 17.1 Å². The predicted molar refractivity (Wildman–Crippen MR) is 235 cm³/mol. The highest BCUT2D eigenvalue weighted by atomic mass is 16.3. The van der Waals surface area contributed by atoms with Gasteiger partial charge in [-0.3, -0.25) is 9.55 Å². The highest BCUT2D eigenvalue weighted by Crippen LogP contribution is 2.42. The summed E-state index contributed by atoms with van der Waals surface area (Å²) in [6.07, 6.45) is 1.89. The van der Waals surface area contributed by atoms with Crippen molar-refractivity contribution in [2.45, 2.75) is 0 Å². The van der Waals surface area contributed by atoms with E-state index in [1.165, 1.54) is 16.2 Å². The van der Waals surface area contributed by atoms with E-state index < -0.39 is 0 Å². The number of hydrogen-bond donors (Lipinski definition) is 1. The molecular weight excluding hydrogens is 697 g/mol. The van der Waals surface area contributed by atoms with Crippen LogP contribution in [0.4, 0.5) is 0 Å².